The van der Waals surface area contributed by atoms with Gasteiger partial charge in [0.2, 0.25) is 5.91 Å². The van der Waals surface area contributed by atoms with E-state index in [2.05, 4.69) is 17.0 Å². The second-order valence-corrected chi connectivity index (χ2v) is 7.11. The van der Waals surface area contributed by atoms with Crippen LogP contribution in [0.4, 0.5) is 16.2 Å². The van der Waals surface area contributed by atoms with Crippen LogP contribution in [0.25, 0.3) is 0 Å². The maximum atomic E-state index is 12.4. The van der Waals surface area contributed by atoms with Gasteiger partial charge >= 0.3 is 6.03 Å². The molecule has 27 heavy (non-hydrogen) atoms. The van der Waals surface area contributed by atoms with Crippen LogP contribution >= 0.6 is 0 Å². The Kier molecular flexibility index (Phi) is 4.22. The molecule has 2 aliphatic rings. The number of likely N-dealkylation sites (N-methyl/N-ethyl adjacent to an activating group) is 1. The summed E-state index contributed by atoms with van der Waals surface area (Å²) in [6.45, 7) is 7.71. The second-order valence-electron chi connectivity index (χ2n) is 7.11. The summed E-state index contributed by atoms with van der Waals surface area (Å²) in [7, 11) is 1.79. The van der Waals surface area contributed by atoms with Crippen molar-refractivity contribution in [3.8, 4) is 0 Å². The predicted octanol–water partition coefficient (Wildman–Crippen LogP) is 2.72. The summed E-state index contributed by atoms with van der Waals surface area (Å²) < 4.78 is 1.84. The standard InChI is InChI=1S/C20H23N5O2/c1-4-7-24-12-17(13(2)22-24)16-11-19(26)21-18-10-14(5-6-15(16)18)25-9-8-23(3)20(25)27/h4-6,10,12,16H,1,7-9,11H2,2-3H3,(H,21,26). The minimum absolute atomic E-state index is 0.0184. The molecule has 140 valence electrons. The Morgan fingerprint density at radius 2 is 2.11 bits per heavy atom. The third kappa shape index (κ3) is 2.99. The minimum Gasteiger partial charge on any atom is -0.326 e. The van der Waals surface area contributed by atoms with Crippen LogP contribution in [-0.4, -0.2) is 46.8 Å². The first-order valence-electron chi connectivity index (χ1n) is 9.09. The molecule has 3 amide bonds. The van der Waals surface area contributed by atoms with Gasteiger partial charge in [0.15, 0.2) is 0 Å². The molecule has 3 heterocycles. The zero-order valence-corrected chi connectivity index (χ0v) is 15.6. The highest BCUT2D eigenvalue weighted by atomic mass is 16.2. The molecule has 1 atom stereocenters. The highest BCUT2D eigenvalue weighted by molar-refractivity contribution is 5.98. The lowest BCUT2D eigenvalue weighted by molar-refractivity contribution is -0.116. The van der Waals surface area contributed by atoms with E-state index in [1.807, 2.05) is 36.0 Å². The summed E-state index contributed by atoms with van der Waals surface area (Å²) >= 11 is 0. The Balaban J connectivity index is 1.71. The van der Waals surface area contributed by atoms with E-state index in [0.29, 0.717) is 26.1 Å². The third-order valence-corrected chi connectivity index (χ3v) is 5.28. The quantitative estimate of drug-likeness (QED) is 0.847. The summed E-state index contributed by atoms with van der Waals surface area (Å²) in [5, 5.41) is 7.49. The average molecular weight is 365 g/mol. The summed E-state index contributed by atoms with van der Waals surface area (Å²) in [5.41, 5.74) is 4.61. The summed E-state index contributed by atoms with van der Waals surface area (Å²) in [5.74, 6) is -0.0660. The van der Waals surface area contributed by atoms with Crippen LogP contribution in [0.2, 0.25) is 0 Å². The van der Waals surface area contributed by atoms with Crippen molar-refractivity contribution in [1.82, 2.24) is 14.7 Å². The molecule has 1 saturated heterocycles. The lowest BCUT2D eigenvalue weighted by atomic mass is 9.85. The van der Waals surface area contributed by atoms with Crippen molar-refractivity contribution in [2.75, 3.05) is 30.4 Å². The molecule has 1 aromatic heterocycles. The van der Waals surface area contributed by atoms with Gasteiger partial charge in [-0.05, 0) is 24.6 Å². The van der Waals surface area contributed by atoms with Crippen molar-refractivity contribution < 1.29 is 9.59 Å². The molecule has 1 aromatic carbocycles. The monoisotopic (exact) mass is 365 g/mol. The van der Waals surface area contributed by atoms with Crippen molar-refractivity contribution in [3.63, 3.8) is 0 Å². The lowest BCUT2D eigenvalue weighted by Gasteiger charge is -2.27. The van der Waals surface area contributed by atoms with E-state index in [1.165, 1.54) is 0 Å². The van der Waals surface area contributed by atoms with Gasteiger partial charge in [0.25, 0.3) is 0 Å². The third-order valence-electron chi connectivity index (χ3n) is 5.28. The number of hydrogen-bond donors (Lipinski definition) is 1. The largest absolute Gasteiger partial charge is 0.326 e. The number of benzene rings is 1. The first kappa shape index (κ1) is 17.3. The number of carbonyl (C=O) groups is 2. The maximum absolute atomic E-state index is 12.4. The van der Waals surface area contributed by atoms with Crippen molar-refractivity contribution in [2.45, 2.75) is 25.8 Å². The molecule has 2 aromatic rings. The molecular weight excluding hydrogens is 342 g/mol. The first-order chi connectivity index (χ1) is 13.0. The van der Waals surface area contributed by atoms with Gasteiger partial charge < -0.3 is 10.2 Å². The van der Waals surface area contributed by atoms with Gasteiger partial charge in [0.05, 0.1) is 12.2 Å². The molecule has 0 spiro atoms. The number of carbonyl (C=O) groups excluding carboxylic acids is 2. The molecule has 0 bridgehead atoms. The summed E-state index contributed by atoms with van der Waals surface area (Å²) in [6.07, 6.45) is 4.18. The van der Waals surface area contributed by atoms with Gasteiger partial charge in [0.1, 0.15) is 0 Å². The highest BCUT2D eigenvalue weighted by Gasteiger charge is 2.31. The molecule has 1 unspecified atom stereocenters. The van der Waals surface area contributed by atoms with Gasteiger partial charge in [-0.25, -0.2) is 4.79 Å². The van der Waals surface area contributed by atoms with Crippen molar-refractivity contribution in [3.05, 3.63) is 53.9 Å². The van der Waals surface area contributed by atoms with Gasteiger partial charge in [-0.2, -0.15) is 5.10 Å². The van der Waals surface area contributed by atoms with E-state index in [9.17, 15) is 9.59 Å². The fourth-order valence-electron chi connectivity index (χ4n) is 3.89. The predicted molar refractivity (Wildman–Crippen MR) is 104 cm³/mol. The molecule has 0 radical (unpaired) electrons. The van der Waals surface area contributed by atoms with Crippen molar-refractivity contribution in [2.24, 2.45) is 0 Å². The molecular formula is C20H23N5O2. The second kappa shape index (κ2) is 6.57. The van der Waals surface area contributed by atoms with Gasteiger partial charge in [-0.1, -0.05) is 12.1 Å². The molecule has 2 aliphatic heterocycles. The van der Waals surface area contributed by atoms with E-state index in [0.717, 1.165) is 28.2 Å². The van der Waals surface area contributed by atoms with Crippen LogP contribution in [0.1, 0.15) is 29.2 Å². The van der Waals surface area contributed by atoms with E-state index < -0.39 is 0 Å². The van der Waals surface area contributed by atoms with Crippen LogP contribution in [0.15, 0.2) is 37.1 Å². The first-order valence-corrected chi connectivity index (χ1v) is 9.09. The Hall–Kier alpha value is -3.09. The fraction of sp³-hybridized carbons (Fsp3) is 0.350. The molecule has 0 saturated carbocycles. The smallest absolute Gasteiger partial charge is 0.324 e. The zero-order chi connectivity index (χ0) is 19.1. The normalized spacial score (nSPS) is 19.3. The number of anilines is 2. The topological polar surface area (TPSA) is 70.5 Å². The van der Waals surface area contributed by atoms with Crippen LogP contribution in [-0.2, 0) is 11.3 Å². The van der Waals surface area contributed by atoms with Crippen LogP contribution in [0.3, 0.4) is 0 Å². The summed E-state index contributed by atoms with van der Waals surface area (Å²) in [6, 6.07) is 5.87. The molecule has 4 rings (SSSR count). The summed E-state index contributed by atoms with van der Waals surface area (Å²) in [4.78, 5) is 28.1. The van der Waals surface area contributed by atoms with Gasteiger partial charge in [-0.15, -0.1) is 6.58 Å². The van der Waals surface area contributed by atoms with E-state index in [4.69, 9.17) is 0 Å². The van der Waals surface area contributed by atoms with Crippen LogP contribution in [0.5, 0.6) is 0 Å². The Morgan fingerprint density at radius 3 is 2.81 bits per heavy atom. The molecule has 7 nitrogen and oxygen atoms in total. The fourth-order valence-corrected chi connectivity index (χ4v) is 3.89. The Morgan fingerprint density at radius 1 is 1.30 bits per heavy atom. The van der Waals surface area contributed by atoms with Crippen LogP contribution < -0.4 is 10.2 Å². The lowest BCUT2D eigenvalue weighted by Crippen LogP contribution is -2.30. The van der Waals surface area contributed by atoms with E-state index >= 15 is 0 Å². The Labute approximate surface area is 158 Å². The molecule has 1 fully saturated rings. The number of hydrogen-bond acceptors (Lipinski definition) is 3. The number of nitrogens with zero attached hydrogens (tertiary/aromatic N) is 4. The maximum Gasteiger partial charge on any atom is 0.324 e. The van der Waals surface area contributed by atoms with E-state index in [1.54, 1.807) is 22.9 Å². The minimum atomic E-state index is -0.0432. The molecule has 7 heteroatoms. The van der Waals surface area contributed by atoms with Crippen molar-refractivity contribution in [1.29, 1.82) is 0 Å². The average Bonchev–Trinajstić information content (AvgIpc) is 3.16. The van der Waals surface area contributed by atoms with Crippen molar-refractivity contribution >= 4 is 23.3 Å². The number of amides is 3. The Bertz CT molecular complexity index is 932. The zero-order valence-electron chi connectivity index (χ0n) is 15.6. The van der Waals surface area contributed by atoms with Gasteiger partial charge in [-0.3, -0.25) is 14.4 Å². The SMILES string of the molecule is C=CCn1cc(C2CC(=O)Nc3cc(N4CCN(C)C4=O)ccc32)c(C)n1. The molecule has 0 aliphatic carbocycles. The number of nitrogens with one attached hydrogen (secondary N) is 1. The van der Waals surface area contributed by atoms with Gasteiger partial charge in [0, 0.05) is 55.6 Å². The number of fused-ring (bicyclic) bond motifs is 1. The van der Waals surface area contributed by atoms with Crippen LogP contribution in [0, 0.1) is 6.92 Å². The number of allylic oxidation sites excluding steroid dienone is 1. The highest BCUT2D eigenvalue weighted by Crippen LogP contribution is 2.40. The number of aryl methyl sites for hydroxylation is 1. The van der Waals surface area contributed by atoms with E-state index in [-0.39, 0.29) is 17.9 Å². The number of rotatable bonds is 4. The molecule has 1 N–H and O–H groups in total. The number of aromatic nitrogens is 2. The number of urea groups is 1.